The predicted molar refractivity (Wildman–Crippen MR) is 302 cm³/mol. The van der Waals surface area contributed by atoms with Crippen molar-refractivity contribution in [3.05, 3.63) is 148 Å². The molecule has 2 unspecified atom stereocenters. The van der Waals surface area contributed by atoms with Crippen molar-refractivity contribution < 1.29 is 0 Å². The lowest BCUT2D eigenvalue weighted by Gasteiger charge is -2.51. The molecule has 69 heavy (non-hydrogen) atoms. The lowest BCUT2D eigenvalue weighted by molar-refractivity contribution is 0.195. The van der Waals surface area contributed by atoms with Gasteiger partial charge in [0.25, 0.3) is 6.71 Å². The summed E-state index contributed by atoms with van der Waals surface area (Å²) in [5.74, 6) is 0. The van der Waals surface area contributed by atoms with Crippen LogP contribution in [0.1, 0.15) is 182 Å². The quantitative estimate of drug-likeness (QED) is 0.164. The van der Waals surface area contributed by atoms with Crippen LogP contribution in [0.15, 0.2) is 109 Å². The number of fused-ring (bicyclic) bond motifs is 7. The van der Waals surface area contributed by atoms with Crippen LogP contribution in [0.3, 0.4) is 0 Å². The summed E-state index contributed by atoms with van der Waals surface area (Å²) >= 11 is 0. The Morgan fingerprint density at radius 3 is 1.38 bits per heavy atom. The van der Waals surface area contributed by atoms with Gasteiger partial charge in [-0.3, -0.25) is 0 Å². The lowest BCUT2D eigenvalue weighted by Crippen LogP contribution is -2.62. The van der Waals surface area contributed by atoms with Gasteiger partial charge in [-0.2, -0.15) is 0 Å². The van der Waals surface area contributed by atoms with E-state index in [1.807, 2.05) is 0 Å². The molecule has 0 bridgehead atoms. The van der Waals surface area contributed by atoms with Crippen molar-refractivity contribution in [2.45, 2.75) is 188 Å². The fraction of sp³-hybridized carbons (Fsp3) is 0.446. The normalized spacial score (nSPS) is 20.1. The fourth-order valence-corrected chi connectivity index (χ4v) is 12.9. The summed E-state index contributed by atoms with van der Waals surface area (Å²) in [4.78, 5) is 8.12. The minimum atomic E-state index is -0.123. The van der Waals surface area contributed by atoms with Crippen LogP contribution in [0.25, 0.3) is 0 Å². The van der Waals surface area contributed by atoms with Gasteiger partial charge in [0.1, 0.15) is 0 Å². The van der Waals surface area contributed by atoms with Crippen molar-refractivity contribution in [1.82, 2.24) is 0 Å². The highest BCUT2D eigenvalue weighted by Crippen LogP contribution is 2.62. The zero-order valence-corrected chi connectivity index (χ0v) is 45.6. The van der Waals surface area contributed by atoms with Crippen LogP contribution in [0.5, 0.6) is 0 Å². The highest BCUT2D eigenvalue weighted by molar-refractivity contribution is 7.00. The van der Waals surface area contributed by atoms with E-state index in [4.69, 9.17) is 0 Å². The maximum Gasteiger partial charge on any atom is 0.252 e. The Labute approximate surface area is 417 Å². The molecule has 0 amide bonds. The Kier molecular flexibility index (Phi) is 10.6. The lowest BCUT2D eigenvalue weighted by atomic mass is 9.33. The third-order valence-corrected chi connectivity index (χ3v) is 17.3. The van der Waals surface area contributed by atoms with E-state index in [1.54, 1.807) is 0 Å². The first-order valence-electron chi connectivity index (χ1n) is 26.3. The predicted octanol–water partition coefficient (Wildman–Crippen LogP) is 16.3. The minimum absolute atomic E-state index is 0.00845. The highest BCUT2D eigenvalue weighted by atomic mass is 15.3. The zero-order chi connectivity index (χ0) is 49.8. The fourth-order valence-electron chi connectivity index (χ4n) is 12.9. The number of anilines is 8. The first-order valence-corrected chi connectivity index (χ1v) is 26.3. The number of hydrogen-bond donors (Lipinski definition) is 0. The zero-order valence-electron chi connectivity index (χ0n) is 45.6. The SMILES string of the molecule is Cc1cc2c(cc1C(C)(C)C)B1c3cc(C(C)(C)C)ccc3N(c3ccc(C(C)(C)C)cc3)c3cc(N4c5ccc(C(C)(C)C)cc5C5(C)CCCCC45C)cc(c31)N2c1ccc(C(C)(C)C)cc1. The molecule has 3 nitrogen and oxygen atoms in total. The van der Waals surface area contributed by atoms with Crippen LogP contribution in [0.2, 0.25) is 0 Å². The molecule has 0 saturated heterocycles. The van der Waals surface area contributed by atoms with Crippen LogP contribution in [-0.4, -0.2) is 12.3 Å². The van der Waals surface area contributed by atoms with Gasteiger partial charge in [-0.15, -0.1) is 0 Å². The van der Waals surface area contributed by atoms with Gasteiger partial charge in [-0.25, -0.2) is 0 Å². The van der Waals surface area contributed by atoms with E-state index in [0.717, 1.165) is 6.42 Å². The summed E-state index contributed by atoms with van der Waals surface area (Å²) in [6, 6.07) is 44.4. The molecule has 6 aromatic rings. The molecule has 1 aliphatic carbocycles. The van der Waals surface area contributed by atoms with Crippen molar-refractivity contribution in [1.29, 1.82) is 0 Å². The summed E-state index contributed by atoms with van der Waals surface area (Å²) in [6.45, 7) is 42.8. The molecule has 10 rings (SSSR count). The Bertz CT molecular complexity index is 3010. The van der Waals surface area contributed by atoms with E-state index in [2.05, 4.69) is 249 Å². The Hall–Kier alpha value is -5.22. The van der Waals surface area contributed by atoms with Crippen LogP contribution >= 0.6 is 0 Å². The summed E-state index contributed by atoms with van der Waals surface area (Å²) in [6.07, 6.45) is 4.82. The van der Waals surface area contributed by atoms with E-state index in [0.29, 0.717) is 0 Å². The largest absolute Gasteiger partial charge is 0.334 e. The van der Waals surface area contributed by atoms with E-state index in [9.17, 15) is 0 Å². The van der Waals surface area contributed by atoms with E-state index >= 15 is 0 Å². The molecule has 4 heteroatoms. The van der Waals surface area contributed by atoms with Crippen molar-refractivity contribution in [3.63, 3.8) is 0 Å². The van der Waals surface area contributed by atoms with Crippen molar-refractivity contribution in [2.24, 2.45) is 0 Å². The third kappa shape index (κ3) is 7.42. The van der Waals surface area contributed by atoms with Crippen molar-refractivity contribution in [3.8, 4) is 0 Å². The molecule has 358 valence electrons. The molecule has 0 spiro atoms. The molecule has 3 heterocycles. The molecule has 2 atom stereocenters. The van der Waals surface area contributed by atoms with Crippen LogP contribution < -0.4 is 31.1 Å². The minimum Gasteiger partial charge on any atom is -0.334 e. The second-order valence-electron chi connectivity index (χ2n) is 27.2. The topological polar surface area (TPSA) is 9.72 Å². The highest BCUT2D eigenvalue weighted by Gasteiger charge is 2.58. The number of rotatable bonds is 3. The first-order chi connectivity index (χ1) is 32.0. The molecule has 0 radical (unpaired) electrons. The van der Waals surface area contributed by atoms with Gasteiger partial charge < -0.3 is 14.7 Å². The summed E-state index contributed by atoms with van der Waals surface area (Å²) in [7, 11) is 0. The Balaban J connectivity index is 1.35. The van der Waals surface area contributed by atoms with E-state index < -0.39 is 0 Å². The number of hydrogen-bond acceptors (Lipinski definition) is 3. The molecular formula is C65H80BN3. The van der Waals surface area contributed by atoms with Crippen molar-refractivity contribution >= 4 is 68.6 Å². The van der Waals surface area contributed by atoms with Gasteiger partial charge in [-0.1, -0.05) is 178 Å². The van der Waals surface area contributed by atoms with Gasteiger partial charge in [0.15, 0.2) is 0 Å². The molecule has 4 aliphatic rings. The van der Waals surface area contributed by atoms with Gasteiger partial charge in [0.2, 0.25) is 0 Å². The third-order valence-electron chi connectivity index (χ3n) is 17.3. The molecule has 0 N–H and O–H groups in total. The van der Waals surface area contributed by atoms with Gasteiger partial charge in [0.05, 0.1) is 5.54 Å². The van der Waals surface area contributed by atoms with Crippen LogP contribution in [0.4, 0.5) is 45.5 Å². The maximum absolute atomic E-state index is 2.82. The second kappa shape index (κ2) is 15.4. The monoisotopic (exact) mass is 914 g/mol. The number of aryl methyl sites for hydroxylation is 1. The van der Waals surface area contributed by atoms with E-state index in [1.165, 1.54) is 120 Å². The average molecular weight is 914 g/mol. The Morgan fingerprint density at radius 1 is 0.420 bits per heavy atom. The summed E-state index contributed by atoms with van der Waals surface area (Å²) in [5, 5.41) is 0. The molecule has 1 saturated carbocycles. The van der Waals surface area contributed by atoms with Crippen molar-refractivity contribution in [2.75, 3.05) is 14.7 Å². The van der Waals surface area contributed by atoms with Gasteiger partial charge >= 0.3 is 0 Å². The van der Waals surface area contributed by atoms with E-state index in [-0.39, 0.29) is 44.7 Å². The molecule has 3 aliphatic heterocycles. The van der Waals surface area contributed by atoms with Crippen LogP contribution in [0, 0.1) is 6.92 Å². The number of benzene rings is 6. The molecular weight excluding hydrogens is 834 g/mol. The second-order valence-corrected chi connectivity index (χ2v) is 27.2. The summed E-state index contributed by atoms with van der Waals surface area (Å²) < 4.78 is 0. The first kappa shape index (κ1) is 47.5. The molecule has 0 aromatic heterocycles. The van der Waals surface area contributed by atoms with Gasteiger partial charge in [0, 0.05) is 50.9 Å². The van der Waals surface area contributed by atoms with Crippen LogP contribution in [-0.2, 0) is 32.5 Å². The maximum atomic E-state index is 2.82. The van der Waals surface area contributed by atoms with Gasteiger partial charge in [-0.05, 0) is 164 Å². The average Bonchev–Trinajstić information content (AvgIpc) is 3.46. The Morgan fingerprint density at radius 2 is 0.870 bits per heavy atom. The smallest absolute Gasteiger partial charge is 0.252 e. The molecule has 1 fully saturated rings. The summed E-state index contributed by atoms with van der Waals surface area (Å²) in [5.41, 5.74) is 24.0. The standard InChI is InChI=1S/C65H80BN3/c1-41-35-55-52(40-49(41)63(14,15)16)66-51-37-45(62(11,12)13)26-32-54(51)67(46-27-21-42(22-28-46)59(2,3)4)56-38-48(39-57(58(56)66)68(55)47-29-23-43(24-30-47)60(5,6)7)69-53-31-25-44(61(8,9)10)36-50(53)64(17)33-19-20-34-65(64,69)18/h21-32,35-40H,19-20,33-34H2,1-18H3. The number of nitrogens with zero attached hydrogens (tertiary/aromatic N) is 3. The molecule has 6 aromatic carbocycles.